The number of hydrogen-bond acceptors (Lipinski definition) is 3. The Morgan fingerprint density at radius 3 is 2.14 bits per heavy atom. The number of fused-ring (bicyclic) bond motifs is 1. The van der Waals surface area contributed by atoms with E-state index in [1.54, 1.807) is 24.3 Å². The fourth-order valence-electron chi connectivity index (χ4n) is 2.60. The van der Waals surface area contributed by atoms with E-state index in [9.17, 15) is 9.59 Å². The van der Waals surface area contributed by atoms with E-state index in [-0.39, 0.29) is 11.6 Å². The van der Waals surface area contributed by atoms with Crippen molar-refractivity contribution in [1.29, 1.82) is 0 Å². The summed E-state index contributed by atoms with van der Waals surface area (Å²) in [5, 5.41) is 0. The molecule has 0 saturated carbocycles. The van der Waals surface area contributed by atoms with Gasteiger partial charge in [-0.1, -0.05) is 54.6 Å². The average Bonchev–Trinajstić information content (AvgIpc) is 2.54. The second kappa shape index (κ2) is 5.46. The van der Waals surface area contributed by atoms with Gasteiger partial charge in [-0.05, 0) is 11.6 Å². The third-order valence-corrected chi connectivity index (χ3v) is 3.61. The topological polar surface area (TPSA) is 43.4 Å². The lowest BCUT2D eigenvalue weighted by Crippen LogP contribution is -2.22. The smallest absolute Gasteiger partial charge is 0.192 e. The molecule has 3 rings (SSSR count). The first-order chi connectivity index (χ1) is 10.2. The molecule has 2 aromatic carbocycles. The number of hydrogen-bond donors (Lipinski definition) is 0. The van der Waals surface area contributed by atoms with E-state index in [1.807, 2.05) is 30.3 Å². The zero-order valence-corrected chi connectivity index (χ0v) is 11.6. The van der Waals surface area contributed by atoms with Gasteiger partial charge in [0.25, 0.3) is 0 Å². The maximum Gasteiger partial charge on any atom is 0.192 e. The molecule has 0 aliphatic heterocycles. The molecule has 0 saturated heterocycles. The molecular weight excluding hydrogens is 264 g/mol. The average molecular weight is 278 g/mol. The molecule has 1 atom stereocenters. The lowest BCUT2D eigenvalue weighted by molar-refractivity contribution is 0.0891. The van der Waals surface area contributed by atoms with Gasteiger partial charge in [0, 0.05) is 23.8 Å². The highest BCUT2D eigenvalue weighted by Gasteiger charge is 2.30. The Bertz CT molecular complexity index is 729. The number of allylic oxidation sites excluding steroid dienone is 1. The normalized spacial score (nSPS) is 15.4. The van der Waals surface area contributed by atoms with Gasteiger partial charge in [-0.3, -0.25) is 9.59 Å². The van der Waals surface area contributed by atoms with E-state index < -0.39 is 6.10 Å². The van der Waals surface area contributed by atoms with Crippen LogP contribution in [0.4, 0.5) is 0 Å². The third kappa shape index (κ3) is 2.32. The van der Waals surface area contributed by atoms with Crippen LogP contribution < -0.4 is 0 Å². The first kappa shape index (κ1) is 13.5. The summed E-state index contributed by atoms with van der Waals surface area (Å²) in [7, 11) is 1.54. The monoisotopic (exact) mass is 278 g/mol. The fraction of sp³-hybridized carbons (Fsp3) is 0.111. The van der Waals surface area contributed by atoms with Crippen molar-refractivity contribution in [3.05, 3.63) is 82.9 Å². The summed E-state index contributed by atoms with van der Waals surface area (Å²) >= 11 is 0. The molecule has 0 radical (unpaired) electrons. The summed E-state index contributed by atoms with van der Waals surface area (Å²) in [5.74, 6) is -0.306. The molecule has 0 spiro atoms. The summed E-state index contributed by atoms with van der Waals surface area (Å²) in [6, 6.07) is 16.3. The zero-order chi connectivity index (χ0) is 14.8. The molecule has 2 aromatic rings. The van der Waals surface area contributed by atoms with Crippen LogP contribution in [0.5, 0.6) is 0 Å². The van der Waals surface area contributed by atoms with E-state index in [1.165, 1.54) is 13.2 Å². The molecule has 104 valence electrons. The molecule has 0 aromatic heterocycles. The Labute approximate surface area is 122 Å². The van der Waals surface area contributed by atoms with Crippen molar-refractivity contribution < 1.29 is 14.3 Å². The largest absolute Gasteiger partial charge is 0.372 e. The van der Waals surface area contributed by atoms with Gasteiger partial charge in [0.2, 0.25) is 0 Å². The summed E-state index contributed by atoms with van der Waals surface area (Å²) in [6.45, 7) is 0. The molecule has 0 N–H and O–H groups in total. The highest BCUT2D eigenvalue weighted by Crippen LogP contribution is 2.32. The van der Waals surface area contributed by atoms with E-state index in [2.05, 4.69) is 0 Å². The minimum absolute atomic E-state index is 0.152. The van der Waals surface area contributed by atoms with Crippen molar-refractivity contribution in [2.24, 2.45) is 0 Å². The van der Waals surface area contributed by atoms with Crippen LogP contribution >= 0.6 is 0 Å². The number of ketones is 2. The number of rotatable bonds is 3. The number of carbonyl (C=O) groups excluding carboxylic acids is 2. The predicted molar refractivity (Wildman–Crippen MR) is 79.4 cm³/mol. The second-order valence-electron chi connectivity index (χ2n) is 4.87. The molecule has 1 aliphatic carbocycles. The molecule has 1 aliphatic rings. The molecule has 1 unspecified atom stereocenters. The molecule has 3 nitrogen and oxygen atoms in total. The molecule has 0 bridgehead atoms. The summed E-state index contributed by atoms with van der Waals surface area (Å²) in [6.07, 6.45) is 0.863. The number of Topliss-reactive ketones (excluding diaryl/α,β-unsaturated/α-hetero) is 1. The van der Waals surface area contributed by atoms with Gasteiger partial charge in [0.05, 0.1) is 0 Å². The first-order valence-corrected chi connectivity index (χ1v) is 6.69. The van der Waals surface area contributed by atoms with Gasteiger partial charge in [0.1, 0.15) is 6.10 Å². The molecule has 0 heterocycles. The van der Waals surface area contributed by atoms with Crippen molar-refractivity contribution in [2.75, 3.05) is 7.11 Å². The number of ether oxygens (including phenoxy) is 1. The van der Waals surface area contributed by atoms with Crippen LogP contribution in [0.3, 0.4) is 0 Å². The Kier molecular flexibility index (Phi) is 3.50. The van der Waals surface area contributed by atoms with Gasteiger partial charge in [-0.2, -0.15) is 0 Å². The SMILES string of the molecule is COC(C1=CC(=O)c2ccccc2C1=O)c1ccccc1. The van der Waals surface area contributed by atoms with Crippen LogP contribution in [0.2, 0.25) is 0 Å². The maximum absolute atomic E-state index is 12.6. The minimum atomic E-state index is -0.531. The zero-order valence-electron chi connectivity index (χ0n) is 11.6. The lowest BCUT2D eigenvalue weighted by atomic mass is 9.85. The highest BCUT2D eigenvalue weighted by molar-refractivity contribution is 6.24. The van der Waals surface area contributed by atoms with E-state index in [4.69, 9.17) is 4.74 Å². The number of methoxy groups -OCH3 is 1. The van der Waals surface area contributed by atoms with Crippen molar-refractivity contribution in [2.45, 2.75) is 6.10 Å². The Hall–Kier alpha value is -2.52. The summed E-state index contributed by atoms with van der Waals surface area (Å²) in [5.41, 5.74) is 2.13. The molecule has 3 heteroatoms. The van der Waals surface area contributed by atoms with Gasteiger partial charge >= 0.3 is 0 Å². The van der Waals surface area contributed by atoms with E-state index in [0.717, 1.165) is 5.56 Å². The molecule has 0 fully saturated rings. The van der Waals surface area contributed by atoms with Gasteiger partial charge in [-0.15, -0.1) is 0 Å². The Balaban J connectivity index is 2.07. The van der Waals surface area contributed by atoms with Gasteiger partial charge < -0.3 is 4.74 Å². The van der Waals surface area contributed by atoms with Crippen LogP contribution in [0.15, 0.2) is 66.2 Å². The van der Waals surface area contributed by atoms with Crippen molar-refractivity contribution in [3.63, 3.8) is 0 Å². The quantitative estimate of drug-likeness (QED) is 0.864. The lowest BCUT2D eigenvalue weighted by Gasteiger charge is -2.22. The minimum Gasteiger partial charge on any atom is -0.372 e. The fourth-order valence-corrected chi connectivity index (χ4v) is 2.60. The van der Waals surface area contributed by atoms with Crippen molar-refractivity contribution in [3.8, 4) is 0 Å². The molecule has 0 amide bonds. The van der Waals surface area contributed by atoms with Crippen molar-refractivity contribution >= 4 is 11.6 Å². The first-order valence-electron chi connectivity index (χ1n) is 6.69. The molecular formula is C18H14O3. The molecule has 21 heavy (non-hydrogen) atoms. The standard InChI is InChI=1S/C18H14O3/c1-21-18(12-7-3-2-4-8-12)15-11-16(19)13-9-5-6-10-14(13)17(15)20/h2-11,18H,1H3. The van der Waals surface area contributed by atoms with E-state index >= 15 is 0 Å². The third-order valence-electron chi connectivity index (χ3n) is 3.61. The van der Waals surface area contributed by atoms with Gasteiger partial charge in [-0.25, -0.2) is 0 Å². The van der Waals surface area contributed by atoms with Crippen LogP contribution in [0.25, 0.3) is 0 Å². The Morgan fingerprint density at radius 1 is 0.857 bits per heavy atom. The Morgan fingerprint density at radius 2 is 1.48 bits per heavy atom. The summed E-state index contributed by atoms with van der Waals surface area (Å²) in [4.78, 5) is 24.8. The van der Waals surface area contributed by atoms with Crippen molar-refractivity contribution in [1.82, 2.24) is 0 Å². The highest BCUT2D eigenvalue weighted by atomic mass is 16.5. The van der Waals surface area contributed by atoms with Crippen LogP contribution in [-0.2, 0) is 4.74 Å². The predicted octanol–water partition coefficient (Wildman–Crippen LogP) is 3.38. The van der Waals surface area contributed by atoms with Crippen LogP contribution in [0.1, 0.15) is 32.4 Å². The second-order valence-corrected chi connectivity index (χ2v) is 4.87. The van der Waals surface area contributed by atoms with Crippen LogP contribution in [-0.4, -0.2) is 18.7 Å². The maximum atomic E-state index is 12.6. The number of carbonyl (C=O) groups is 2. The van der Waals surface area contributed by atoms with Gasteiger partial charge in [0.15, 0.2) is 11.6 Å². The number of benzene rings is 2. The van der Waals surface area contributed by atoms with Crippen LogP contribution in [0, 0.1) is 0 Å². The summed E-state index contributed by atoms with van der Waals surface area (Å²) < 4.78 is 5.47. The van der Waals surface area contributed by atoms with E-state index in [0.29, 0.717) is 16.7 Å².